The van der Waals surface area contributed by atoms with E-state index in [1.165, 1.54) is 29.7 Å². The standard InChI is InChI=1S/C16H20N4OS/c17-15-19-12(10-22-15)4-3-9-18-16(21)20-14-6-2-1-5-13(14)11-7-8-11/h1-2,5-6,10-11H,3-4,7-9H2,(H2,17,19)(H2,18,20,21). The van der Waals surface area contributed by atoms with Crippen LogP contribution < -0.4 is 16.4 Å². The van der Waals surface area contributed by atoms with Gasteiger partial charge in [-0.1, -0.05) is 18.2 Å². The Kier molecular flexibility index (Phi) is 4.58. The van der Waals surface area contributed by atoms with Crippen molar-refractivity contribution in [2.75, 3.05) is 17.6 Å². The molecule has 1 saturated carbocycles. The number of amides is 2. The molecule has 2 aromatic rings. The lowest BCUT2D eigenvalue weighted by Crippen LogP contribution is -2.30. The van der Waals surface area contributed by atoms with Gasteiger partial charge in [-0.25, -0.2) is 9.78 Å². The number of thiazole rings is 1. The Morgan fingerprint density at radius 3 is 2.91 bits per heavy atom. The number of nitrogens with zero attached hydrogens (tertiary/aromatic N) is 1. The third-order valence-corrected chi connectivity index (χ3v) is 4.41. The molecule has 0 aliphatic heterocycles. The van der Waals surface area contributed by atoms with Gasteiger partial charge in [0, 0.05) is 17.6 Å². The minimum absolute atomic E-state index is 0.147. The molecule has 1 aliphatic carbocycles. The van der Waals surface area contributed by atoms with Crippen molar-refractivity contribution in [3.8, 4) is 0 Å². The normalized spacial score (nSPS) is 13.8. The monoisotopic (exact) mass is 316 g/mol. The SMILES string of the molecule is Nc1nc(CCCNC(=O)Nc2ccccc2C2CC2)cs1. The number of benzene rings is 1. The Bertz CT molecular complexity index is 651. The smallest absolute Gasteiger partial charge is 0.319 e. The van der Waals surface area contributed by atoms with Crippen molar-refractivity contribution in [1.29, 1.82) is 0 Å². The molecule has 0 radical (unpaired) electrons. The van der Waals surface area contributed by atoms with Crippen molar-refractivity contribution in [3.05, 3.63) is 40.9 Å². The molecule has 5 nitrogen and oxygen atoms in total. The summed E-state index contributed by atoms with van der Waals surface area (Å²) in [5.74, 6) is 0.617. The van der Waals surface area contributed by atoms with E-state index in [1.54, 1.807) is 0 Å². The van der Waals surface area contributed by atoms with Crippen LogP contribution in [-0.4, -0.2) is 17.6 Å². The number of nitrogens with two attached hydrogens (primary N) is 1. The zero-order valence-corrected chi connectivity index (χ0v) is 13.2. The lowest BCUT2D eigenvalue weighted by atomic mass is 10.1. The Morgan fingerprint density at radius 2 is 2.18 bits per heavy atom. The van der Waals surface area contributed by atoms with Gasteiger partial charge in [-0.3, -0.25) is 0 Å². The van der Waals surface area contributed by atoms with Gasteiger partial charge in [-0.2, -0.15) is 0 Å². The molecule has 1 heterocycles. The van der Waals surface area contributed by atoms with Gasteiger partial charge in [0.15, 0.2) is 5.13 Å². The van der Waals surface area contributed by atoms with Crippen LogP contribution in [0.25, 0.3) is 0 Å². The first-order valence-electron chi connectivity index (χ1n) is 7.56. The molecule has 116 valence electrons. The molecule has 0 saturated heterocycles. The van der Waals surface area contributed by atoms with Crippen molar-refractivity contribution in [1.82, 2.24) is 10.3 Å². The number of hydrogen-bond acceptors (Lipinski definition) is 4. The van der Waals surface area contributed by atoms with Crippen LogP contribution in [0, 0.1) is 0 Å². The second-order valence-electron chi connectivity index (χ2n) is 5.52. The van der Waals surface area contributed by atoms with E-state index in [0.29, 0.717) is 17.6 Å². The zero-order valence-electron chi connectivity index (χ0n) is 12.3. The van der Waals surface area contributed by atoms with E-state index >= 15 is 0 Å². The molecule has 0 atom stereocenters. The fourth-order valence-electron chi connectivity index (χ4n) is 2.44. The Hall–Kier alpha value is -2.08. The summed E-state index contributed by atoms with van der Waals surface area (Å²) in [4.78, 5) is 16.2. The van der Waals surface area contributed by atoms with Gasteiger partial charge in [0.1, 0.15) is 0 Å². The molecule has 2 amide bonds. The number of aromatic nitrogens is 1. The highest BCUT2D eigenvalue weighted by Crippen LogP contribution is 2.43. The predicted molar refractivity (Wildman–Crippen MR) is 90.3 cm³/mol. The van der Waals surface area contributed by atoms with E-state index in [-0.39, 0.29) is 6.03 Å². The summed E-state index contributed by atoms with van der Waals surface area (Å²) in [6.07, 6.45) is 4.11. The molecular weight excluding hydrogens is 296 g/mol. The Labute approximate surface area is 133 Å². The number of anilines is 2. The fraction of sp³-hybridized carbons (Fsp3) is 0.375. The number of rotatable bonds is 6. The summed E-state index contributed by atoms with van der Waals surface area (Å²) in [7, 11) is 0. The van der Waals surface area contributed by atoms with E-state index in [9.17, 15) is 4.79 Å². The summed E-state index contributed by atoms with van der Waals surface area (Å²) in [5, 5.41) is 8.39. The number of hydrogen-bond donors (Lipinski definition) is 3. The summed E-state index contributed by atoms with van der Waals surface area (Å²) in [5.41, 5.74) is 8.75. The van der Waals surface area contributed by atoms with E-state index in [4.69, 9.17) is 5.73 Å². The summed E-state index contributed by atoms with van der Waals surface area (Å²) >= 11 is 1.45. The Balaban J connectivity index is 1.43. The predicted octanol–water partition coefficient (Wildman–Crippen LogP) is 3.36. The van der Waals surface area contributed by atoms with Crippen molar-refractivity contribution in [2.24, 2.45) is 0 Å². The van der Waals surface area contributed by atoms with Crippen LogP contribution in [0.1, 0.15) is 36.4 Å². The second kappa shape index (κ2) is 6.79. The third kappa shape index (κ3) is 3.98. The van der Waals surface area contributed by atoms with E-state index < -0.39 is 0 Å². The third-order valence-electron chi connectivity index (χ3n) is 3.69. The Morgan fingerprint density at radius 1 is 1.36 bits per heavy atom. The van der Waals surface area contributed by atoms with Crippen LogP contribution in [0.2, 0.25) is 0 Å². The quantitative estimate of drug-likeness (QED) is 0.715. The van der Waals surface area contributed by atoms with Gasteiger partial charge in [0.2, 0.25) is 0 Å². The fourth-order valence-corrected chi connectivity index (χ4v) is 3.03. The molecule has 3 rings (SSSR count). The number of aryl methyl sites for hydroxylation is 1. The van der Waals surface area contributed by atoms with Crippen molar-refractivity contribution in [3.63, 3.8) is 0 Å². The highest BCUT2D eigenvalue weighted by Gasteiger charge is 2.26. The summed E-state index contributed by atoms with van der Waals surface area (Å²) < 4.78 is 0. The van der Waals surface area contributed by atoms with Gasteiger partial charge < -0.3 is 16.4 Å². The van der Waals surface area contributed by atoms with Crippen LogP contribution in [0.4, 0.5) is 15.6 Å². The van der Waals surface area contributed by atoms with Gasteiger partial charge in [-0.05, 0) is 43.2 Å². The largest absolute Gasteiger partial charge is 0.375 e. The van der Waals surface area contributed by atoms with Crippen molar-refractivity contribution in [2.45, 2.75) is 31.6 Å². The maximum atomic E-state index is 12.0. The molecule has 1 aliphatic rings. The molecule has 6 heteroatoms. The number of nitrogen functional groups attached to an aromatic ring is 1. The molecule has 0 spiro atoms. The molecule has 1 aromatic heterocycles. The van der Waals surface area contributed by atoms with E-state index in [0.717, 1.165) is 24.2 Å². The second-order valence-corrected chi connectivity index (χ2v) is 6.41. The van der Waals surface area contributed by atoms with Crippen LogP contribution in [0.15, 0.2) is 29.6 Å². The molecule has 22 heavy (non-hydrogen) atoms. The minimum atomic E-state index is -0.147. The van der Waals surface area contributed by atoms with E-state index in [2.05, 4.69) is 21.7 Å². The van der Waals surface area contributed by atoms with Gasteiger partial charge in [0.25, 0.3) is 0 Å². The highest BCUT2D eigenvalue weighted by molar-refractivity contribution is 7.13. The first-order valence-corrected chi connectivity index (χ1v) is 8.44. The van der Waals surface area contributed by atoms with Crippen LogP contribution in [0.3, 0.4) is 0 Å². The topological polar surface area (TPSA) is 80.0 Å². The zero-order chi connectivity index (χ0) is 15.4. The number of para-hydroxylation sites is 1. The summed E-state index contributed by atoms with van der Waals surface area (Å²) in [6, 6.07) is 7.89. The molecule has 0 unspecified atom stereocenters. The van der Waals surface area contributed by atoms with Crippen LogP contribution in [0.5, 0.6) is 0 Å². The highest BCUT2D eigenvalue weighted by atomic mass is 32.1. The molecule has 4 N–H and O–H groups in total. The average Bonchev–Trinajstić information content (AvgIpc) is 3.27. The molecule has 0 bridgehead atoms. The van der Waals surface area contributed by atoms with Crippen LogP contribution >= 0.6 is 11.3 Å². The molecule has 1 fully saturated rings. The lowest BCUT2D eigenvalue weighted by Gasteiger charge is -2.11. The van der Waals surface area contributed by atoms with Crippen LogP contribution in [-0.2, 0) is 6.42 Å². The van der Waals surface area contributed by atoms with Crippen molar-refractivity contribution >= 4 is 28.2 Å². The number of carbonyl (C=O) groups is 1. The number of nitrogens with one attached hydrogen (secondary N) is 2. The van der Waals surface area contributed by atoms with Gasteiger partial charge in [-0.15, -0.1) is 11.3 Å². The lowest BCUT2D eigenvalue weighted by molar-refractivity contribution is 0.252. The number of urea groups is 1. The molecule has 1 aromatic carbocycles. The first kappa shape index (κ1) is 14.8. The van der Waals surface area contributed by atoms with Gasteiger partial charge >= 0.3 is 6.03 Å². The maximum Gasteiger partial charge on any atom is 0.319 e. The van der Waals surface area contributed by atoms with E-state index in [1.807, 2.05) is 23.6 Å². The first-order chi connectivity index (χ1) is 10.7. The maximum absolute atomic E-state index is 12.0. The average molecular weight is 316 g/mol. The minimum Gasteiger partial charge on any atom is -0.375 e. The molecular formula is C16H20N4OS. The summed E-state index contributed by atoms with van der Waals surface area (Å²) in [6.45, 7) is 0.620. The van der Waals surface area contributed by atoms with Crippen molar-refractivity contribution < 1.29 is 4.79 Å². The van der Waals surface area contributed by atoms with Gasteiger partial charge in [0.05, 0.1) is 5.69 Å². The number of carbonyl (C=O) groups excluding carboxylic acids is 1.